The highest BCUT2D eigenvalue weighted by Crippen LogP contribution is 2.39. The average molecular weight is 847 g/mol. The Morgan fingerprint density at radius 3 is 1.19 bits per heavy atom. The van der Waals surface area contributed by atoms with Gasteiger partial charge in [-0.15, -0.1) is 0 Å². The Morgan fingerprint density at radius 1 is 0.484 bits per heavy atom. The van der Waals surface area contributed by atoms with Crippen molar-refractivity contribution in [3.63, 3.8) is 0 Å². The van der Waals surface area contributed by atoms with E-state index in [-0.39, 0.29) is 25.2 Å². The number of carbonyl (C=O) groups excluding carboxylic acids is 3. The number of rotatable bonds is 24. The van der Waals surface area contributed by atoms with Gasteiger partial charge in [0.15, 0.2) is 11.6 Å². The first-order valence-corrected chi connectivity index (χ1v) is 23.3. The van der Waals surface area contributed by atoms with Crippen molar-refractivity contribution < 1.29 is 33.3 Å². The molecule has 2 saturated carbocycles. The van der Waals surface area contributed by atoms with Crippen LogP contribution in [0.3, 0.4) is 0 Å². The molecule has 332 valence electrons. The molecule has 2 aliphatic carbocycles. The van der Waals surface area contributed by atoms with E-state index in [2.05, 4.69) is 19.9 Å². The van der Waals surface area contributed by atoms with E-state index in [1.54, 1.807) is 48.5 Å². The maximum atomic E-state index is 12.7. The molecule has 0 unspecified atom stereocenters. The number of carbonyl (C=O) groups is 3. The second-order valence-electron chi connectivity index (χ2n) is 17.3. The Morgan fingerprint density at radius 2 is 0.839 bits per heavy atom. The summed E-state index contributed by atoms with van der Waals surface area (Å²) in [6.45, 7) is 4.45. The first kappa shape index (κ1) is 46.3. The molecule has 2 aromatic heterocycles. The molecule has 0 aliphatic heterocycles. The summed E-state index contributed by atoms with van der Waals surface area (Å²) in [7, 11) is 0. The molecule has 0 spiro atoms. The monoisotopic (exact) mass is 846 g/mol. The average Bonchev–Trinajstić information content (AvgIpc) is 3.30. The standard InChI is InChI=1S/C51H66N4O7/c1-3-9-50(57)61-46-27-23-44(24-28-46)59-35-48-52-31-41(32-53-48)39-19-15-37(16-20-39)11-5-7-13-43(56)14-8-6-12-38-17-21-40(22-18-38)42-33-54-49(55-34-42)36-60-45-25-29-47(30-26-45)62-51(58)10-4-2/h23-34,37-40H,3-22,35-36H2,1-2H3. The van der Waals surface area contributed by atoms with E-state index in [0.29, 0.717) is 65.1 Å². The van der Waals surface area contributed by atoms with Crippen LogP contribution in [-0.4, -0.2) is 37.7 Å². The number of Topliss-reactive ketones (excluding diaryl/α,β-unsaturated/α-hetero) is 1. The molecular formula is C51H66N4O7. The predicted molar refractivity (Wildman–Crippen MR) is 238 cm³/mol. The summed E-state index contributed by atoms with van der Waals surface area (Å²) in [6, 6.07) is 14.1. The van der Waals surface area contributed by atoms with Crippen molar-refractivity contribution in [2.75, 3.05) is 0 Å². The zero-order chi connectivity index (χ0) is 43.4. The van der Waals surface area contributed by atoms with Crippen molar-refractivity contribution >= 4 is 17.7 Å². The second-order valence-corrected chi connectivity index (χ2v) is 17.3. The Bertz CT molecular complexity index is 1800. The van der Waals surface area contributed by atoms with E-state index >= 15 is 0 Å². The van der Waals surface area contributed by atoms with Crippen molar-refractivity contribution in [1.29, 1.82) is 0 Å². The van der Waals surface area contributed by atoms with Crippen LogP contribution in [0.25, 0.3) is 0 Å². The van der Waals surface area contributed by atoms with Gasteiger partial charge in [0.25, 0.3) is 0 Å². The number of nitrogens with zero attached hydrogens (tertiary/aromatic N) is 4. The van der Waals surface area contributed by atoms with Crippen molar-refractivity contribution in [2.45, 2.75) is 167 Å². The Labute approximate surface area is 368 Å². The van der Waals surface area contributed by atoms with Crippen molar-refractivity contribution in [2.24, 2.45) is 11.8 Å². The third kappa shape index (κ3) is 15.6. The SMILES string of the molecule is CCCC(=O)Oc1ccc(OCc2ncc(C3CCC(CCCCC(=O)CCCCC4CCC(c5cnc(COc6ccc(OC(=O)CCC)cc6)nc5)CC4)CC3)cn2)cc1. The summed E-state index contributed by atoms with van der Waals surface area (Å²) in [5, 5.41) is 0. The largest absolute Gasteiger partial charge is 0.486 e. The summed E-state index contributed by atoms with van der Waals surface area (Å²) in [6.07, 6.45) is 27.9. The topological polar surface area (TPSA) is 140 Å². The fraction of sp³-hybridized carbons (Fsp3) is 0.549. The van der Waals surface area contributed by atoms with Crippen LogP contribution in [0.15, 0.2) is 73.3 Å². The zero-order valence-corrected chi connectivity index (χ0v) is 36.9. The molecule has 4 aromatic rings. The van der Waals surface area contributed by atoms with Gasteiger partial charge in [-0.05, 0) is 160 Å². The number of ketones is 1. The second kappa shape index (κ2) is 25.1. The number of unbranched alkanes of at least 4 members (excludes halogenated alkanes) is 2. The molecule has 11 nitrogen and oxygen atoms in total. The number of aromatic nitrogens is 4. The summed E-state index contributed by atoms with van der Waals surface area (Å²) < 4.78 is 22.3. The molecule has 0 amide bonds. The maximum absolute atomic E-state index is 12.7. The van der Waals surface area contributed by atoms with Crippen LogP contribution in [0.2, 0.25) is 0 Å². The molecule has 62 heavy (non-hydrogen) atoms. The minimum absolute atomic E-state index is 0.230. The molecule has 2 fully saturated rings. The number of ether oxygens (including phenoxy) is 4. The van der Waals surface area contributed by atoms with Gasteiger partial charge in [0.05, 0.1) is 0 Å². The van der Waals surface area contributed by atoms with Crippen LogP contribution in [-0.2, 0) is 27.6 Å². The highest BCUT2D eigenvalue weighted by molar-refractivity contribution is 5.78. The normalized spacial score (nSPS) is 18.7. The van der Waals surface area contributed by atoms with Crippen LogP contribution < -0.4 is 18.9 Å². The molecule has 0 radical (unpaired) electrons. The molecule has 2 aliphatic rings. The van der Waals surface area contributed by atoms with E-state index in [0.717, 1.165) is 88.9 Å². The highest BCUT2D eigenvalue weighted by Gasteiger charge is 2.24. The summed E-state index contributed by atoms with van der Waals surface area (Å²) in [4.78, 5) is 54.4. The molecule has 0 atom stereocenters. The lowest BCUT2D eigenvalue weighted by Gasteiger charge is -2.28. The third-order valence-electron chi connectivity index (χ3n) is 12.5. The lowest BCUT2D eigenvalue weighted by Crippen LogP contribution is -2.14. The van der Waals surface area contributed by atoms with Gasteiger partial charge in [-0.25, -0.2) is 19.9 Å². The quantitative estimate of drug-likeness (QED) is 0.0378. The number of esters is 2. The van der Waals surface area contributed by atoms with E-state index in [1.807, 2.05) is 38.6 Å². The molecule has 2 heterocycles. The van der Waals surface area contributed by atoms with Gasteiger partial charge in [0, 0.05) is 50.5 Å². The number of hydrogen-bond acceptors (Lipinski definition) is 11. The maximum Gasteiger partial charge on any atom is 0.311 e. The molecule has 0 saturated heterocycles. The minimum Gasteiger partial charge on any atom is -0.486 e. The van der Waals surface area contributed by atoms with Gasteiger partial charge in [0.2, 0.25) is 0 Å². The van der Waals surface area contributed by atoms with Crippen LogP contribution in [0.5, 0.6) is 23.0 Å². The highest BCUT2D eigenvalue weighted by atomic mass is 16.5. The number of hydrogen-bond donors (Lipinski definition) is 0. The van der Waals surface area contributed by atoms with Crippen molar-refractivity contribution in [3.8, 4) is 23.0 Å². The van der Waals surface area contributed by atoms with Gasteiger partial charge in [-0.1, -0.05) is 39.5 Å². The van der Waals surface area contributed by atoms with Crippen LogP contribution in [0.4, 0.5) is 0 Å². The van der Waals surface area contributed by atoms with Crippen LogP contribution in [0, 0.1) is 11.8 Å². The molecule has 0 bridgehead atoms. The van der Waals surface area contributed by atoms with Gasteiger partial charge in [-0.3, -0.25) is 14.4 Å². The predicted octanol–water partition coefficient (Wildman–Crippen LogP) is 11.8. The lowest BCUT2D eigenvalue weighted by atomic mass is 9.77. The summed E-state index contributed by atoms with van der Waals surface area (Å²) in [5.41, 5.74) is 2.41. The Balaban J connectivity index is 0.760. The van der Waals surface area contributed by atoms with E-state index in [4.69, 9.17) is 18.9 Å². The first-order chi connectivity index (χ1) is 30.3. The molecule has 0 N–H and O–H groups in total. The third-order valence-corrected chi connectivity index (χ3v) is 12.5. The summed E-state index contributed by atoms with van der Waals surface area (Å²) in [5.74, 6) is 6.14. The summed E-state index contributed by atoms with van der Waals surface area (Å²) >= 11 is 0. The first-order valence-electron chi connectivity index (χ1n) is 23.3. The van der Waals surface area contributed by atoms with E-state index in [9.17, 15) is 14.4 Å². The van der Waals surface area contributed by atoms with Gasteiger partial charge >= 0.3 is 11.9 Å². The molecule has 6 rings (SSSR count). The minimum atomic E-state index is -0.230. The van der Waals surface area contributed by atoms with Crippen molar-refractivity contribution in [1.82, 2.24) is 19.9 Å². The van der Waals surface area contributed by atoms with Gasteiger partial charge in [0.1, 0.15) is 42.0 Å². The smallest absolute Gasteiger partial charge is 0.311 e. The Kier molecular flexibility index (Phi) is 18.7. The fourth-order valence-electron chi connectivity index (χ4n) is 8.78. The number of benzene rings is 2. The fourth-order valence-corrected chi connectivity index (χ4v) is 8.78. The molecular weight excluding hydrogens is 781 g/mol. The van der Waals surface area contributed by atoms with Crippen LogP contribution in [0.1, 0.15) is 177 Å². The van der Waals surface area contributed by atoms with E-state index in [1.165, 1.54) is 49.7 Å². The van der Waals surface area contributed by atoms with E-state index < -0.39 is 0 Å². The molecule has 2 aromatic carbocycles. The zero-order valence-electron chi connectivity index (χ0n) is 36.9. The van der Waals surface area contributed by atoms with Gasteiger partial charge < -0.3 is 18.9 Å². The Hall–Kier alpha value is -5.19. The van der Waals surface area contributed by atoms with Gasteiger partial charge in [-0.2, -0.15) is 0 Å². The lowest BCUT2D eigenvalue weighted by molar-refractivity contribution is -0.135. The van der Waals surface area contributed by atoms with Crippen molar-refractivity contribution in [3.05, 3.63) is 96.1 Å². The molecule has 11 heteroatoms. The van der Waals surface area contributed by atoms with Crippen LogP contribution >= 0.6 is 0 Å².